The average molecular weight is 203 g/mol. The van der Waals surface area contributed by atoms with Crippen LogP contribution in [0.25, 0.3) is 0 Å². The normalized spacial score (nSPS) is 11.2. The zero-order valence-corrected chi connectivity index (χ0v) is 7.95. The van der Waals surface area contributed by atoms with Crippen molar-refractivity contribution < 1.29 is 9.53 Å². The summed E-state index contributed by atoms with van der Waals surface area (Å²) in [6, 6.07) is 4.43. The molecule has 1 atom stereocenters. The maximum Gasteiger partial charge on any atom is 0.328 e. The number of carbonyl (C=O) groups is 1. The summed E-state index contributed by atoms with van der Waals surface area (Å²) in [5.74, 6) is -0.478. The Labute approximate surface area is 82.5 Å². The fourth-order valence-corrected chi connectivity index (χ4v) is 0.808. The van der Waals surface area contributed by atoms with Crippen LogP contribution in [0.5, 0.6) is 0 Å². The van der Waals surface area contributed by atoms with Gasteiger partial charge >= 0.3 is 5.97 Å². The van der Waals surface area contributed by atoms with E-state index in [1.165, 1.54) is 7.11 Å². The topological polar surface area (TPSA) is 65.2 Å². The van der Waals surface area contributed by atoms with Crippen LogP contribution in [0.1, 0.15) is 11.7 Å². The zero-order valence-electron chi connectivity index (χ0n) is 7.14. The van der Waals surface area contributed by atoms with E-state index in [2.05, 4.69) is 9.72 Å². The third kappa shape index (κ3) is 3.01. The number of esters is 1. The van der Waals surface area contributed by atoms with Crippen molar-refractivity contribution in [2.24, 2.45) is 5.73 Å². The summed E-state index contributed by atoms with van der Waals surface area (Å²) in [5, 5.41) is 0. The smallest absolute Gasteiger partial charge is 0.328 e. The molecule has 1 heterocycles. The standard InChI is InChI=1S/C8H10N2O2.ClH/c1-12-8(11)7(9)6-4-2-3-5-10-6;/h2-5,7H,9H2,1H3;1H/t7-;/m0./s1. The second-order valence-corrected chi connectivity index (χ2v) is 2.26. The van der Waals surface area contributed by atoms with E-state index in [1.807, 2.05) is 0 Å². The Balaban J connectivity index is 0.00000144. The minimum Gasteiger partial charge on any atom is -0.468 e. The molecule has 72 valence electrons. The van der Waals surface area contributed by atoms with Crippen molar-refractivity contribution in [3.05, 3.63) is 30.1 Å². The number of hydrogen-bond donors (Lipinski definition) is 1. The lowest BCUT2D eigenvalue weighted by Gasteiger charge is -2.06. The van der Waals surface area contributed by atoms with Crippen molar-refractivity contribution >= 4 is 18.4 Å². The third-order valence-electron chi connectivity index (χ3n) is 1.46. The molecule has 1 aromatic heterocycles. The highest BCUT2D eigenvalue weighted by molar-refractivity contribution is 5.85. The number of nitrogens with zero attached hydrogens (tertiary/aromatic N) is 1. The number of halogens is 1. The number of aromatic nitrogens is 1. The monoisotopic (exact) mass is 202 g/mol. The summed E-state index contributed by atoms with van der Waals surface area (Å²) in [6.07, 6.45) is 1.58. The van der Waals surface area contributed by atoms with Crippen molar-refractivity contribution in [1.29, 1.82) is 0 Å². The Bertz CT molecular complexity index is 266. The molecule has 5 heteroatoms. The van der Waals surface area contributed by atoms with Gasteiger partial charge < -0.3 is 10.5 Å². The lowest BCUT2D eigenvalue weighted by atomic mass is 10.2. The van der Waals surface area contributed by atoms with E-state index in [9.17, 15) is 4.79 Å². The highest BCUT2D eigenvalue weighted by Gasteiger charge is 2.16. The van der Waals surface area contributed by atoms with Crippen LogP contribution in [-0.2, 0) is 9.53 Å². The first-order valence-corrected chi connectivity index (χ1v) is 3.50. The van der Waals surface area contributed by atoms with E-state index >= 15 is 0 Å². The summed E-state index contributed by atoms with van der Waals surface area (Å²) in [5.41, 5.74) is 6.03. The molecular weight excluding hydrogens is 192 g/mol. The second-order valence-electron chi connectivity index (χ2n) is 2.26. The summed E-state index contributed by atoms with van der Waals surface area (Å²) in [7, 11) is 1.30. The molecule has 2 N–H and O–H groups in total. The number of ether oxygens (including phenoxy) is 1. The van der Waals surface area contributed by atoms with E-state index in [1.54, 1.807) is 24.4 Å². The molecule has 0 unspecified atom stereocenters. The van der Waals surface area contributed by atoms with Gasteiger partial charge in [-0.1, -0.05) is 6.07 Å². The van der Waals surface area contributed by atoms with Gasteiger partial charge in [0.15, 0.2) is 0 Å². The molecule has 0 radical (unpaired) electrons. The molecule has 0 aromatic carbocycles. The number of pyridine rings is 1. The van der Waals surface area contributed by atoms with Gasteiger partial charge in [-0.25, -0.2) is 4.79 Å². The van der Waals surface area contributed by atoms with Crippen LogP contribution in [0.4, 0.5) is 0 Å². The van der Waals surface area contributed by atoms with Crippen molar-refractivity contribution in [2.75, 3.05) is 7.11 Å². The van der Waals surface area contributed by atoms with E-state index in [-0.39, 0.29) is 12.4 Å². The predicted molar refractivity (Wildman–Crippen MR) is 50.4 cm³/mol. The molecule has 0 aliphatic carbocycles. The van der Waals surface area contributed by atoms with Crippen LogP contribution in [0, 0.1) is 0 Å². The summed E-state index contributed by atoms with van der Waals surface area (Å²) >= 11 is 0. The molecule has 0 aliphatic heterocycles. The largest absolute Gasteiger partial charge is 0.468 e. The molecule has 0 aliphatic rings. The number of rotatable bonds is 2. The summed E-state index contributed by atoms with van der Waals surface area (Å²) < 4.78 is 4.46. The highest BCUT2D eigenvalue weighted by atomic mass is 35.5. The van der Waals surface area contributed by atoms with Crippen LogP contribution in [-0.4, -0.2) is 18.1 Å². The van der Waals surface area contributed by atoms with E-state index < -0.39 is 12.0 Å². The Kier molecular flexibility index (Phi) is 5.03. The maximum atomic E-state index is 10.9. The molecule has 0 amide bonds. The molecule has 0 saturated carbocycles. The number of carbonyl (C=O) groups excluding carboxylic acids is 1. The quantitative estimate of drug-likeness (QED) is 0.717. The van der Waals surface area contributed by atoms with Crippen LogP contribution < -0.4 is 5.73 Å². The van der Waals surface area contributed by atoms with E-state index in [4.69, 9.17) is 5.73 Å². The molecule has 4 nitrogen and oxygen atoms in total. The lowest BCUT2D eigenvalue weighted by Crippen LogP contribution is -2.23. The van der Waals surface area contributed by atoms with Crippen LogP contribution >= 0.6 is 12.4 Å². The van der Waals surface area contributed by atoms with Crippen molar-refractivity contribution in [3.8, 4) is 0 Å². The highest BCUT2D eigenvalue weighted by Crippen LogP contribution is 2.06. The Morgan fingerprint density at radius 3 is 2.77 bits per heavy atom. The minimum atomic E-state index is -0.781. The van der Waals surface area contributed by atoms with Gasteiger partial charge in [0, 0.05) is 6.20 Å². The first-order valence-electron chi connectivity index (χ1n) is 3.50. The molecule has 0 fully saturated rings. The van der Waals surface area contributed by atoms with Crippen LogP contribution in [0.3, 0.4) is 0 Å². The van der Waals surface area contributed by atoms with Gasteiger partial charge in [0.05, 0.1) is 12.8 Å². The first-order chi connectivity index (χ1) is 5.75. The van der Waals surface area contributed by atoms with Gasteiger partial charge in [-0.05, 0) is 12.1 Å². The summed E-state index contributed by atoms with van der Waals surface area (Å²) in [4.78, 5) is 14.8. The number of nitrogens with two attached hydrogens (primary N) is 1. The average Bonchev–Trinajstić information content (AvgIpc) is 2.17. The Morgan fingerprint density at radius 2 is 2.31 bits per heavy atom. The van der Waals surface area contributed by atoms with Gasteiger partial charge in [0.1, 0.15) is 6.04 Å². The molecule has 0 bridgehead atoms. The van der Waals surface area contributed by atoms with E-state index in [0.29, 0.717) is 5.69 Å². The van der Waals surface area contributed by atoms with Crippen LogP contribution in [0.2, 0.25) is 0 Å². The van der Waals surface area contributed by atoms with Crippen molar-refractivity contribution in [3.63, 3.8) is 0 Å². The lowest BCUT2D eigenvalue weighted by molar-refractivity contribution is -0.142. The first kappa shape index (κ1) is 11.9. The number of hydrogen-bond acceptors (Lipinski definition) is 4. The minimum absolute atomic E-state index is 0. The SMILES string of the molecule is COC(=O)[C@@H](N)c1ccccn1.Cl. The molecular formula is C8H11ClN2O2. The molecule has 0 saturated heterocycles. The Morgan fingerprint density at radius 1 is 1.62 bits per heavy atom. The van der Waals surface area contributed by atoms with Crippen molar-refractivity contribution in [2.45, 2.75) is 6.04 Å². The van der Waals surface area contributed by atoms with Gasteiger partial charge in [-0.3, -0.25) is 4.98 Å². The molecule has 1 aromatic rings. The van der Waals surface area contributed by atoms with Gasteiger partial charge in [0.25, 0.3) is 0 Å². The summed E-state index contributed by atoms with van der Waals surface area (Å²) in [6.45, 7) is 0. The van der Waals surface area contributed by atoms with Gasteiger partial charge in [0.2, 0.25) is 0 Å². The predicted octanol–water partition coefficient (Wildman–Crippen LogP) is 0.676. The zero-order chi connectivity index (χ0) is 8.97. The van der Waals surface area contributed by atoms with Gasteiger partial charge in [-0.15, -0.1) is 12.4 Å². The number of methoxy groups -OCH3 is 1. The van der Waals surface area contributed by atoms with Gasteiger partial charge in [-0.2, -0.15) is 0 Å². The fraction of sp³-hybridized carbons (Fsp3) is 0.250. The van der Waals surface area contributed by atoms with Crippen LogP contribution in [0.15, 0.2) is 24.4 Å². The van der Waals surface area contributed by atoms with Crippen molar-refractivity contribution in [1.82, 2.24) is 4.98 Å². The van der Waals surface area contributed by atoms with E-state index in [0.717, 1.165) is 0 Å². The second kappa shape index (κ2) is 5.50. The maximum absolute atomic E-state index is 10.9. The fourth-order valence-electron chi connectivity index (χ4n) is 0.808. The molecule has 1 rings (SSSR count). The molecule has 13 heavy (non-hydrogen) atoms. The Hall–Kier alpha value is -1.13. The molecule has 0 spiro atoms. The third-order valence-corrected chi connectivity index (χ3v) is 1.46.